The van der Waals surface area contributed by atoms with Crippen LogP contribution in [0.4, 0.5) is 5.82 Å². The van der Waals surface area contributed by atoms with Crippen molar-refractivity contribution in [1.82, 2.24) is 14.9 Å². The Labute approximate surface area is 166 Å². The molecule has 1 saturated heterocycles. The lowest BCUT2D eigenvalue weighted by molar-refractivity contribution is -0.129. The molecule has 0 unspecified atom stereocenters. The second-order valence-electron chi connectivity index (χ2n) is 6.97. The van der Waals surface area contributed by atoms with Gasteiger partial charge in [0.05, 0.1) is 19.4 Å². The topological polar surface area (TPSA) is 67.8 Å². The SMILES string of the molecule is COCc1nc(C)nc(N2CCN(C(C)=O)CC2)c1Cc1cccc(OC)c1. The van der Waals surface area contributed by atoms with E-state index >= 15 is 0 Å². The van der Waals surface area contributed by atoms with Crippen LogP contribution in [0.5, 0.6) is 5.75 Å². The summed E-state index contributed by atoms with van der Waals surface area (Å²) in [7, 11) is 3.35. The summed E-state index contributed by atoms with van der Waals surface area (Å²) in [5.74, 6) is 2.61. The van der Waals surface area contributed by atoms with Crippen LogP contribution in [0.25, 0.3) is 0 Å². The zero-order valence-electron chi connectivity index (χ0n) is 17.1. The summed E-state index contributed by atoms with van der Waals surface area (Å²) in [6.45, 7) is 6.89. The highest BCUT2D eigenvalue weighted by atomic mass is 16.5. The van der Waals surface area contributed by atoms with Crippen molar-refractivity contribution in [2.45, 2.75) is 26.9 Å². The van der Waals surface area contributed by atoms with Gasteiger partial charge in [-0.05, 0) is 24.6 Å². The normalized spacial score (nSPS) is 14.3. The molecule has 1 aromatic carbocycles. The van der Waals surface area contributed by atoms with Crippen LogP contribution >= 0.6 is 0 Å². The molecule has 1 fully saturated rings. The number of hydrogen-bond acceptors (Lipinski definition) is 6. The standard InChI is InChI=1S/C21H28N4O3/c1-15-22-20(14-27-3)19(13-17-6-5-7-18(12-17)28-4)21(23-15)25-10-8-24(9-11-25)16(2)26/h5-7,12H,8-11,13-14H2,1-4H3. The van der Waals surface area contributed by atoms with Crippen LogP contribution < -0.4 is 9.64 Å². The summed E-state index contributed by atoms with van der Waals surface area (Å²) in [6.07, 6.45) is 0.693. The molecule has 7 heteroatoms. The van der Waals surface area contributed by atoms with E-state index in [2.05, 4.69) is 16.0 Å². The van der Waals surface area contributed by atoms with Crippen LogP contribution in [0.15, 0.2) is 24.3 Å². The van der Waals surface area contributed by atoms with E-state index in [4.69, 9.17) is 14.5 Å². The maximum Gasteiger partial charge on any atom is 0.219 e. The lowest BCUT2D eigenvalue weighted by atomic mass is 10.0. The van der Waals surface area contributed by atoms with E-state index in [9.17, 15) is 4.79 Å². The van der Waals surface area contributed by atoms with Gasteiger partial charge in [0.25, 0.3) is 0 Å². The second kappa shape index (κ2) is 9.01. The average molecular weight is 384 g/mol. The molecule has 0 N–H and O–H groups in total. The first-order valence-electron chi connectivity index (χ1n) is 9.50. The minimum absolute atomic E-state index is 0.121. The number of carbonyl (C=O) groups excluding carboxylic acids is 1. The molecule has 1 aromatic heterocycles. The Hall–Kier alpha value is -2.67. The lowest BCUT2D eigenvalue weighted by Gasteiger charge is -2.36. The zero-order valence-corrected chi connectivity index (χ0v) is 17.1. The van der Waals surface area contributed by atoms with E-state index in [1.807, 2.05) is 30.0 Å². The fraction of sp³-hybridized carbons (Fsp3) is 0.476. The van der Waals surface area contributed by atoms with E-state index in [0.29, 0.717) is 26.1 Å². The van der Waals surface area contributed by atoms with Crippen LogP contribution in [-0.4, -0.2) is 61.2 Å². The largest absolute Gasteiger partial charge is 0.497 e. The number of methoxy groups -OCH3 is 2. The molecule has 1 amide bonds. The maximum absolute atomic E-state index is 11.7. The van der Waals surface area contributed by atoms with Crippen molar-refractivity contribution in [2.24, 2.45) is 0 Å². The number of carbonyl (C=O) groups is 1. The molecular formula is C21H28N4O3. The van der Waals surface area contributed by atoms with Crippen molar-refractivity contribution in [3.8, 4) is 5.75 Å². The van der Waals surface area contributed by atoms with Crippen molar-refractivity contribution < 1.29 is 14.3 Å². The Balaban J connectivity index is 1.95. The summed E-state index contributed by atoms with van der Waals surface area (Å²) in [5.41, 5.74) is 3.10. The number of nitrogens with zero attached hydrogens (tertiary/aromatic N) is 4. The molecule has 0 radical (unpaired) electrons. The monoisotopic (exact) mass is 384 g/mol. The third kappa shape index (κ3) is 4.59. The van der Waals surface area contributed by atoms with Crippen LogP contribution in [0.1, 0.15) is 29.6 Å². The van der Waals surface area contributed by atoms with Gasteiger partial charge >= 0.3 is 0 Å². The number of rotatable bonds is 6. The van der Waals surface area contributed by atoms with Gasteiger partial charge < -0.3 is 19.3 Å². The Bertz CT molecular complexity index is 832. The third-order valence-electron chi connectivity index (χ3n) is 5.00. The number of amides is 1. The first-order valence-corrected chi connectivity index (χ1v) is 9.50. The van der Waals surface area contributed by atoms with Gasteiger partial charge in [0.1, 0.15) is 17.4 Å². The Morgan fingerprint density at radius 2 is 1.89 bits per heavy atom. The maximum atomic E-state index is 11.7. The van der Waals surface area contributed by atoms with E-state index in [1.165, 1.54) is 0 Å². The lowest BCUT2D eigenvalue weighted by Crippen LogP contribution is -2.48. The van der Waals surface area contributed by atoms with E-state index < -0.39 is 0 Å². The van der Waals surface area contributed by atoms with Crippen molar-refractivity contribution in [2.75, 3.05) is 45.3 Å². The number of piperazine rings is 1. The fourth-order valence-electron chi connectivity index (χ4n) is 3.56. The molecule has 2 heterocycles. The van der Waals surface area contributed by atoms with Crippen LogP contribution in [0.3, 0.4) is 0 Å². The van der Waals surface area contributed by atoms with Crippen LogP contribution in [0, 0.1) is 6.92 Å². The number of benzene rings is 1. The molecule has 1 aliphatic rings. The van der Waals surface area contributed by atoms with Gasteiger partial charge in [-0.15, -0.1) is 0 Å². The number of aryl methyl sites for hydroxylation is 1. The average Bonchev–Trinajstić information content (AvgIpc) is 2.70. The van der Waals surface area contributed by atoms with Gasteiger partial charge in [-0.1, -0.05) is 12.1 Å². The first-order chi connectivity index (χ1) is 13.5. The number of anilines is 1. The quantitative estimate of drug-likeness (QED) is 0.761. The van der Waals surface area contributed by atoms with Crippen molar-refractivity contribution in [3.63, 3.8) is 0 Å². The molecular weight excluding hydrogens is 356 g/mol. The van der Waals surface area contributed by atoms with Crippen LogP contribution in [-0.2, 0) is 22.6 Å². The molecule has 0 aliphatic carbocycles. The molecule has 0 saturated carbocycles. The summed E-state index contributed by atoms with van der Waals surface area (Å²) in [5, 5.41) is 0. The first kappa shape index (κ1) is 20.1. The highest BCUT2D eigenvalue weighted by Gasteiger charge is 2.24. The number of aromatic nitrogens is 2. The molecule has 0 atom stereocenters. The Morgan fingerprint density at radius 1 is 1.14 bits per heavy atom. The van der Waals surface area contributed by atoms with Gasteiger partial charge in [-0.3, -0.25) is 4.79 Å². The zero-order chi connectivity index (χ0) is 20.1. The van der Waals surface area contributed by atoms with Crippen molar-refractivity contribution in [1.29, 1.82) is 0 Å². The van der Waals surface area contributed by atoms with Gasteiger partial charge in [0.15, 0.2) is 0 Å². The fourth-order valence-corrected chi connectivity index (χ4v) is 3.56. The van der Waals surface area contributed by atoms with E-state index in [0.717, 1.165) is 47.3 Å². The highest BCUT2D eigenvalue weighted by Crippen LogP contribution is 2.27. The van der Waals surface area contributed by atoms with Gasteiger partial charge in [0, 0.05) is 52.2 Å². The smallest absolute Gasteiger partial charge is 0.219 e. The number of hydrogen-bond donors (Lipinski definition) is 0. The summed E-state index contributed by atoms with van der Waals surface area (Å²) >= 11 is 0. The predicted molar refractivity (Wildman–Crippen MR) is 108 cm³/mol. The summed E-state index contributed by atoms with van der Waals surface area (Å²) in [6, 6.07) is 8.04. The molecule has 2 aromatic rings. The highest BCUT2D eigenvalue weighted by molar-refractivity contribution is 5.73. The van der Waals surface area contributed by atoms with Gasteiger partial charge in [0.2, 0.25) is 5.91 Å². The molecule has 0 bridgehead atoms. The molecule has 28 heavy (non-hydrogen) atoms. The second-order valence-corrected chi connectivity index (χ2v) is 6.97. The molecule has 0 spiro atoms. The summed E-state index contributed by atoms with van der Waals surface area (Å²) < 4.78 is 10.8. The van der Waals surface area contributed by atoms with Crippen molar-refractivity contribution in [3.05, 3.63) is 46.9 Å². The van der Waals surface area contributed by atoms with Crippen molar-refractivity contribution >= 4 is 11.7 Å². The van der Waals surface area contributed by atoms with Gasteiger partial charge in [-0.2, -0.15) is 0 Å². The number of ether oxygens (including phenoxy) is 2. The molecule has 7 nitrogen and oxygen atoms in total. The van der Waals surface area contributed by atoms with E-state index in [-0.39, 0.29) is 5.91 Å². The summed E-state index contributed by atoms with van der Waals surface area (Å²) in [4.78, 5) is 25.2. The van der Waals surface area contributed by atoms with Crippen LogP contribution in [0.2, 0.25) is 0 Å². The minimum Gasteiger partial charge on any atom is -0.497 e. The molecule has 3 rings (SSSR count). The predicted octanol–water partition coefficient (Wildman–Crippen LogP) is 2.20. The Kier molecular flexibility index (Phi) is 6.46. The van der Waals surface area contributed by atoms with Gasteiger partial charge in [-0.25, -0.2) is 9.97 Å². The molecule has 150 valence electrons. The Morgan fingerprint density at radius 3 is 2.54 bits per heavy atom. The minimum atomic E-state index is 0.121. The van der Waals surface area contributed by atoms with E-state index in [1.54, 1.807) is 21.1 Å². The molecule has 1 aliphatic heterocycles. The third-order valence-corrected chi connectivity index (χ3v) is 5.00.